The summed E-state index contributed by atoms with van der Waals surface area (Å²) in [7, 11) is -2.79. The van der Waals surface area contributed by atoms with Crippen LogP contribution in [0.15, 0.2) is 59.5 Å². The second-order valence-corrected chi connectivity index (χ2v) is 13.2. The fourth-order valence-corrected chi connectivity index (χ4v) is 7.16. The van der Waals surface area contributed by atoms with Crippen LogP contribution < -0.4 is 9.46 Å². The average Bonchev–Trinajstić information content (AvgIpc) is 3.47. The van der Waals surface area contributed by atoms with Gasteiger partial charge in [0.05, 0.1) is 41.6 Å². The van der Waals surface area contributed by atoms with Crippen LogP contribution in [0.4, 0.5) is 4.79 Å². The van der Waals surface area contributed by atoms with E-state index in [1.54, 1.807) is 32.9 Å². The first-order chi connectivity index (χ1) is 19.4. The van der Waals surface area contributed by atoms with Crippen molar-refractivity contribution >= 4 is 33.0 Å². The van der Waals surface area contributed by atoms with Crippen molar-refractivity contribution in [2.75, 3.05) is 7.11 Å². The maximum atomic E-state index is 13.5. The van der Waals surface area contributed by atoms with E-state index in [1.165, 1.54) is 24.1 Å². The summed E-state index contributed by atoms with van der Waals surface area (Å²) < 4.78 is 46.2. The number of esters is 1. The van der Waals surface area contributed by atoms with E-state index in [9.17, 15) is 18.0 Å². The maximum absolute atomic E-state index is 13.5. The first kappa shape index (κ1) is 28.8. The van der Waals surface area contributed by atoms with Gasteiger partial charge in [-0.25, -0.2) is 17.9 Å². The lowest BCUT2D eigenvalue weighted by molar-refractivity contribution is -0.147. The van der Waals surface area contributed by atoms with E-state index in [4.69, 9.17) is 14.2 Å². The maximum Gasteiger partial charge on any atom is 0.410 e. The van der Waals surface area contributed by atoms with Crippen molar-refractivity contribution in [2.45, 2.75) is 75.8 Å². The molecule has 5 rings (SSSR count). The second-order valence-electron chi connectivity index (χ2n) is 11.5. The third-order valence-electron chi connectivity index (χ3n) is 7.52. The Hall–Kier alpha value is -3.70. The normalized spacial score (nSPS) is 22.1. The lowest BCUT2D eigenvalue weighted by atomic mass is 9.85. The topological polar surface area (TPSA) is 124 Å². The number of amides is 1. The van der Waals surface area contributed by atoms with Gasteiger partial charge in [0.15, 0.2) is 0 Å². The molecule has 0 saturated carbocycles. The van der Waals surface area contributed by atoms with E-state index in [-0.39, 0.29) is 4.90 Å². The number of nitrogens with one attached hydrogen (secondary N) is 1. The highest BCUT2D eigenvalue weighted by Crippen LogP contribution is 2.44. The van der Waals surface area contributed by atoms with Crippen molar-refractivity contribution in [1.29, 1.82) is 0 Å². The number of rotatable bonds is 7. The van der Waals surface area contributed by atoms with Crippen LogP contribution in [0.2, 0.25) is 0 Å². The molecule has 2 aliphatic heterocycles. The van der Waals surface area contributed by atoms with E-state index in [0.29, 0.717) is 25.2 Å². The van der Waals surface area contributed by atoms with Gasteiger partial charge in [-0.3, -0.25) is 14.7 Å². The zero-order valence-corrected chi connectivity index (χ0v) is 24.6. The third-order valence-corrected chi connectivity index (χ3v) is 8.99. The average molecular weight is 582 g/mol. The zero-order valence-electron chi connectivity index (χ0n) is 23.8. The van der Waals surface area contributed by atoms with E-state index in [1.807, 2.05) is 37.3 Å². The summed E-state index contributed by atoms with van der Waals surface area (Å²) in [6, 6.07) is 14.0. The molecule has 1 amide bonds. The van der Waals surface area contributed by atoms with Gasteiger partial charge < -0.3 is 14.2 Å². The predicted octanol–water partition coefficient (Wildman–Crippen LogP) is 4.34. The van der Waals surface area contributed by atoms with E-state index in [2.05, 4.69) is 9.71 Å². The van der Waals surface area contributed by atoms with Crippen molar-refractivity contribution in [3.8, 4) is 5.75 Å². The molecule has 3 aromatic rings. The summed E-state index contributed by atoms with van der Waals surface area (Å²) in [5.74, 6) is -0.908. The number of fused-ring (bicyclic) bond motifs is 3. The molecular weight excluding hydrogens is 546 g/mol. The lowest BCUT2D eigenvalue weighted by Crippen LogP contribution is -2.50. The van der Waals surface area contributed by atoms with Crippen LogP contribution >= 0.6 is 0 Å². The fourth-order valence-electron chi connectivity index (χ4n) is 5.86. The molecule has 1 aromatic heterocycles. The van der Waals surface area contributed by atoms with E-state index >= 15 is 0 Å². The van der Waals surface area contributed by atoms with Gasteiger partial charge in [0.2, 0.25) is 10.0 Å². The molecule has 4 unspecified atom stereocenters. The molecule has 2 bridgehead atoms. The Labute approximate surface area is 240 Å². The van der Waals surface area contributed by atoms with Gasteiger partial charge in [0.25, 0.3) is 0 Å². The minimum Gasteiger partial charge on any atom is -0.489 e. The number of aromatic nitrogens is 1. The number of pyridine rings is 1. The molecule has 2 aliphatic rings. The van der Waals surface area contributed by atoms with Gasteiger partial charge in [0, 0.05) is 16.6 Å². The van der Waals surface area contributed by atoms with Crippen LogP contribution in [-0.2, 0) is 30.9 Å². The van der Waals surface area contributed by atoms with Crippen molar-refractivity contribution in [3.05, 3.63) is 65.9 Å². The smallest absolute Gasteiger partial charge is 0.410 e. The highest BCUT2D eigenvalue weighted by Gasteiger charge is 2.60. The van der Waals surface area contributed by atoms with Crippen LogP contribution in [0.5, 0.6) is 5.75 Å². The number of ether oxygens (including phenoxy) is 3. The second kappa shape index (κ2) is 10.9. The molecule has 218 valence electrons. The Morgan fingerprint density at radius 2 is 1.73 bits per heavy atom. The fraction of sp³-hybridized carbons (Fsp3) is 0.433. The molecular formula is C30H35N3O7S. The molecule has 10 nitrogen and oxygen atoms in total. The van der Waals surface area contributed by atoms with Gasteiger partial charge in [-0.1, -0.05) is 18.2 Å². The summed E-state index contributed by atoms with van der Waals surface area (Å²) in [4.78, 5) is 31.8. The molecule has 1 N–H and O–H groups in total. The van der Waals surface area contributed by atoms with Gasteiger partial charge in [-0.15, -0.1) is 0 Å². The Kier molecular flexibility index (Phi) is 7.69. The lowest BCUT2D eigenvalue weighted by Gasteiger charge is -2.28. The Morgan fingerprint density at radius 3 is 2.41 bits per heavy atom. The SMILES string of the molecule is COC(=O)C1C(NS(=O)(=O)c2ccc(OCc3cc(C)nc4ccccc34)cc2)C2CCC1N2C(=O)OC(C)(C)C. The van der Waals surface area contributed by atoms with Crippen LogP contribution in [0.25, 0.3) is 10.9 Å². The van der Waals surface area contributed by atoms with Gasteiger partial charge >= 0.3 is 12.1 Å². The molecule has 2 saturated heterocycles. The standard InChI is InChI=1S/C30H35N3O7S/c1-18-16-19(22-8-6-7-9-23(22)31-18)17-39-20-10-12-21(13-11-20)41(36,37)32-27-25-15-14-24(26(27)28(34)38-5)33(25)29(35)40-30(2,3)4/h6-13,16,24-27,32H,14-15,17H2,1-5H3. The summed E-state index contributed by atoms with van der Waals surface area (Å²) >= 11 is 0. The first-order valence-electron chi connectivity index (χ1n) is 13.6. The van der Waals surface area contributed by atoms with Crippen LogP contribution in [0, 0.1) is 12.8 Å². The van der Waals surface area contributed by atoms with Gasteiger partial charge in [0.1, 0.15) is 18.0 Å². The number of benzene rings is 2. The zero-order chi connectivity index (χ0) is 29.5. The number of carbonyl (C=O) groups is 2. The quantitative estimate of drug-likeness (QED) is 0.409. The Balaban J connectivity index is 1.32. The summed E-state index contributed by atoms with van der Waals surface area (Å²) in [5, 5.41) is 0.993. The Bertz CT molecular complexity index is 1570. The summed E-state index contributed by atoms with van der Waals surface area (Å²) in [6.45, 7) is 7.49. The van der Waals surface area contributed by atoms with Crippen molar-refractivity contribution in [1.82, 2.24) is 14.6 Å². The number of nitrogens with zero attached hydrogens (tertiary/aromatic N) is 2. The van der Waals surface area contributed by atoms with Crippen LogP contribution in [0.3, 0.4) is 0 Å². The van der Waals surface area contributed by atoms with Gasteiger partial charge in [-0.05, 0) is 76.9 Å². The summed E-state index contributed by atoms with van der Waals surface area (Å²) in [5.41, 5.74) is 2.01. The molecule has 2 aromatic carbocycles. The largest absolute Gasteiger partial charge is 0.489 e. The minimum absolute atomic E-state index is 0.0188. The minimum atomic E-state index is -4.04. The number of carbonyl (C=O) groups excluding carboxylic acids is 2. The molecule has 3 heterocycles. The predicted molar refractivity (Wildman–Crippen MR) is 152 cm³/mol. The van der Waals surface area contributed by atoms with Crippen molar-refractivity contribution in [3.63, 3.8) is 0 Å². The summed E-state index contributed by atoms with van der Waals surface area (Å²) in [6.07, 6.45) is 0.528. The number of hydrogen-bond donors (Lipinski definition) is 1. The van der Waals surface area contributed by atoms with Crippen LogP contribution in [0.1, 0.15) is 44.9 Å². The van der Waals surface area contributed by atoms with E-state index < -0.39 is 51.7 Å². The number of aryl methyl sites for hydroxylation is 1. The molecule has 0 aliphatic carbocycles. The van der Waals surface area contributed by atoms with Crippen molar-refractivity contribution < 1.29 is 32.2 Å². The Morgan fingerprint density at radius 1 is 1.05 bits per heavy atom. The molecule has 11 heteroatoms. The van der Waals surface area contributed by atoms with Crippen LogP contribution in [-0.4, -0.2) is 61.2 Å². The molecule has 0 radical (unpaired) electrons. The molecule has 2 fully saturated rings. The first-order valence-corrected chi connectivity index (χ1v) is 15.1. The monoisotopic (exact) mass is 581 g/mol. The molecule has 41 heavy (non-hydrogen) atoms. The van der Waals surface area contributed by atoms with E-state index in [0.717, 1.165) is 22.2 Å². The molecule has 4 atom stereocenters. The van der Waals surface area contributed by atoms with Crippen molar-refractivity contribution in [2.24, 2.45) is 5.92 Å². The number of para-hydroxylation sites is 1. The number of sulfonamides is 1. The third kappa shape index (κ3) is 5.87. The van der Waals surface area contributed by atoms with Gasteiger partial charge in [-0.2, -0.15) is 0 Å². The highest BCUT2D eigenvalue weighted by molar-refractivity contribution is 7.89. The molecule has 0 spiro atoms. The number of hydrogen-bond acceptors (Lipinski definition) is 8. The number of methoxy groups -OCH3 is 1. The highest BCUT2D eigenvalue weighted by atomic mass is 32.2.